The van der Waals surface area contributed by atoms with E-state index in [0.29, 0.717) is 22.5 Å². The predicted molar refractivity (Wildman–Crippen MR) is 104 cm³/mol. The minimum atomic E-state index is -0.115. The number of carbonyl (C=O) groups excluding carboxylic acids is 1. The highest BCUT2D eigenvalue weighted by Gasteiger charge is 2.10. The van der Waals surface area contributed by atoms with E-state index in [1.165, 1.54) is 6.92 Å². The molecule has 1 atom stereocenters. The van der Waals surface area contributed by atoms with E-state index in [4.69, 9.17) is 28.9 Å². The van der Waals surface area contributed by atoms with Crippen LogP contribution < -0.4 is 16.4 Å². The van der Waals surface area contributed by atoms with Crippen molar-refractivity contribution in [1.29, 1.82) is 0 Å². The zero-order valence-corrected chi connectivity index (χ0v) is 15.5. The van der Waals surface area contributed by atoms with Crippen LogP contribution in [-0.4, -0.2) is 11.9 Å². The summed E-state index contributed by atoms with van der Waals surface area (Å²) in [6, 6.07) is 12.7. The topological polar surface area (TPSA) is 79.5 Å². The van der Waals surface area contributed by atoms with E-state index in [2.05, 4.69) is 15.6 Å². The van der Waals surface area contributed by atoms with Crippen molar-refractivity contribution in [3.05, 3.63) is 63.6 Å². The van der Waals surface area contributed by atoms with Gasteiger partial charge in [-0.2, -0.15) is 0 Å². The van der Waals surface area contributed by atoms with Crippen LogP contribution in [0.25, 0.3) is 0 Å². The van der Waals surface area contributed by atoms with Crippen LogP contribution in [0.4, 0.5) is 5.69 Å². The fraction of sp³-hybridized carbons (Fsp3) is 0.222. The molecule has 0 radical (unpaired) electrons. The van der Waals surface area contributed by atoms with E-state index in [9.17, 15) is 4.79 Å². The summed E-state index contributed by atoms with van der Waals surface area (Å²) in [7, 11) is 0. The molecular formula is C18H20Cl2N4O. The Kier molecular flexibility index (Phi) is 6.67. The van der Waals surface area contributed by atoms with Crippen LogP contribution in [0.3, 0.4) is 0 Å². The van der Waals surface area contributed by atoms with E-state index >= 15 is 0 Å². The minimum absolute atomic E-state index is 0.112. The molecule has 5 nitrogen and oxygen atoms in total. The standard InChI is InChI=1S/C18H20Cl2N4O/c1-11(16-7-6-14(19)9-17(16)20)23-18(21)22-10-13-4-3-5-15(8-13)24-12(2)25/h3-9,11H,10H2,1-2H3,(H,24,25)(H3,21,22,23). The lowest BCUT2D eigenvalue weighted by Crippen LogP contribution is -2.34. The summed E-state index contributed by atoms with van der Waals surface area (Å²) in [6.07, 6.45) is 0. The first kappa shape index (κ1) is 19.1. The number of aliphatic imine (C=N–C) groups is 1. The summed E-state index contributed by atoms with van der Waals surface area (Å²) in [5.41, 5.74) is 8.51. The average Bonchev–Trinajstić information content (AvgIpc) is 2.52. The molecule has 0 aliphatic heterocycles. The van der Waals surface area contributed by atoms with Gasteiger partial charge in [0.05, 0.1) is 12.6 Å². The normalized spacial score (nSPS) is 12.6. The van der Waals surface area contributed by atoms with Gasteiger partial charge >= 0.3 is 0 Å². The highest BCUT2D eigenvalue weighted by molar-refractivity contribution is 6.35. The van der Waals surface area contributed by atoms with Crippen LogP contribution in [0.5, 0.6) is 0 Å². The van der Waals surface area contributed by atoms with Gasteiger partial charge in [-0.15, -0.1) is 0 Å². The Morgan fingerprint density at radius 3 is 2.68 bits per heavy atom. The SMILES string of the molecule is CC(=O)Nc1cccc(CN=C(N)NC(C)c2ccc(Cl)cc2Cl)c1. The number of benzene rings is 2. The Bertz CT molecular complexity index is 792. The van der Waals surface area contributed by atoms with E-state index < -0.39 is 0 Å². The monoisotopic (exact) mass is 378 g/mol. The predicted octanol–water partition coefficient (Wildman–Crippen LogP) is 4.12. The van der Waals surface area contributed by atoms with Gasteiger partial charge in [0.2, 0.25) is 5.91 Å². The fourth-order valence-corrected chi connectivity index (χ4v) is 2.90. The molecule has 1 amide bonds. The van der Waals surface area contributed by atoms with Crippen molar-refractivity contribution in [2.24, 2.45) is 10.7 Å². The van der Waals surface area contributed by atoms with Crippen molar-refractivity contribution in [3.63, 3.8) is 0 Å². The summed E-state index contributed by atoms with van der Waals surface area (Å²) in [6.45, 7) is 3.80. The summed E-state index contributed by atoms with van der Waals surface area (Å²) >= 11 is 12.1. The lowest BCUT2D eigenvalue weighted by Gasteiger charge is -2.16. The Labute approximate surface area is 157 Å². The number of nitrogens with zero attached hydrogens (tertiary/aromatic N) is 1. The summed E-state index contributed by atoms with van der Waals surface area (Å²) < 4.78 is 0. The molecule has 0 aliphatic rings. The van der Waals surface area contributed by atoms with Crippen LogP contribution in [0.15, 0.2) is 47.5 Å². The number of nitrogens with one attached hydrogen (secondary N) is 2. The molecule has 4 N–H and O–H groups in total. The third-order valence-electron chi connectivity index (χ3n) is 3.47. The van der Waals surface area contributed by atoms with Crippen molar-refractivity contribution >= 4 is 40.8 Å². The molecule has 132 valence electrons. The minimum Gasteiger partial charge on any atom is -0.370 e. The van der Waals surface area contributed by atoms with Gasteiger partial charge in [0.15, 0.2) is 5.96 Å². The molecule has 2 rings (SSSR count). The number of guanidine groups is 1. The molecule has 0 saturated carbocycles. The maximum absolute atomic E-state index is 11.1. The molecule has 1 unspecified atom stereocenters. The van der Waals surface area contributed by atoms with Gasteiger partial charge in [0.1, 0.15) is 0 Å². The van der Waals surface area contributed by atoms with Gasteiger partial charge in [-0.3, -0.25) is 4.79 Å². The molecule has 25 heavy (non-hydrogen) atoms. The Hall–Kier alpha value is -2.24. The number of anilines is 1. The van der Waals surface area contributed by atoms with Crippen molar-refractivity contribution in [3.8, 4) is 0 Å². The first-order valence-corrected chi connectivity index (χ1v) is 8.48. The van der Waals surface area contributed by atoms with E-state index in [0.717, 1.165) is 16.8 Å². The highest BCUT2D eigenvalue weighted by atomic mass is 35.5. The molecule has 0 aromatic heterocycles. The molecule has 2 aromatic rings. The summed E-state index contributed by atoms with van der Waals surface area (Å²) in [4.78, 5) is 15.4. The number of halogens is 2. The lowest BCUT2D eigenvalue weighted by atomic mass is 10.1. The van der Waals surface area contributed by atoms with Gasteiger partial charge in [0, 0.05) is 22.7 Å². The number of hydrogen-bond acceptors (Lipinski definition) is 2. The maximum atomic E-state index is 11.1. The molecule has 0 saturated heterocycles. The van der Waals surface area contributed by atoms with Crippen LogP contribution in [0.2, 0.25) is 10.0 Å². The van der Waals surface area contributed by atoms with Gasteiger partial charge in [-0.1, -0.05) is 41.4 Å². The Morgan fingerprint density at radius 1 is 1.24 bits per heavy atom. The number of rotatable bonds is 5. The van der Waals surface area contributed by atoms with Gasteiger partial charge in [-0.25, -0.2) is 4.99 Å². The molecule has 0 fully saturated rings. The summed E-state index contributed by atoms with van der Waals surface area (Å²) in [5.74, 6) is 0.193. The molecule has 0 heterocycles. The Morgan fingerprint density at radius 2 is 2.00 bits per heavy atom. The van der Waals surface area contributed by atoms with E-state index in [1.807, 2.05) is 37.3 Å². The number of carbonyl (C=O) groups is 1. The zero-order chi connectivity index (χ0) is 18.4. The average molecular weight is 379 g/mol. The quantitative estimate of drug-likeness (QED) is 0.540. The Balaban J connectivity index is 2.00. The first-order valence-electron chi connectivity index (χ1n) is 7.73. The first-order chi connectivity index (χ1) is 11.8. The van der Waals surface area contributed by atoms with Crippen molar-refractivity contribution in [2.45, 2.75) is 26.4 Å². The molecule has 0 spiro atoms. The fourth-order valence-electron chi connectivity index (χ4n) is 2.33. The van der Waals surface area contributed by atoms with Crippen molar-refractivity contribution in [2.75, 3.05) is 5.32 Å². The van der Waals surface area contributed by atoms with Crippen LogP contribution in [0.1, 0.15) is 31.0 Å². The smallest absolute Gasteiger partial charge is 0.221 e. The van der Waals surface area contributed by atoms with E-state index in [-0.39, 0.29) is 11.9 Å². The number of amides is 1. The highest BCUT2D eigenvalue weighted by Crippen LogP contribution is 2.25. The second-order valence-corrected chi connectivity index (χ2v) is 6.46. The number of nitrogens with two attached hydrogens (primary N) is 1. The van der Waals surface area contributed by atoms with Gasteiger partial charge in [-0.05, 0) is 42.3 Å². The zero-order valence-electron chi connectivity index (χ0n) is 14.0. The maximum Gasteiger partial charge on any atom is 0.221 e. The molecule has 0 bridgehead atoms. The van der Waals surface area contributed by atoms with Crippen molar-refractivity contribution in [1.82, 2.24) is 5.32 Å². The molecular weight excluding hydrogens is 359 g/mol. The second-order valence-electron chi connectivity index (χ2n) is 5.61. The molecule has 2 aromatic carbocycles. The lowest BCUT2D eigenvalue weighted by molar-refractivity contribution is -0.114. The third kappa shape index (κ3) is 5.96. The van der Waals surface area contributed by atoms with Crippen LogP contribution in [0, 0.1) is 0 Å². The van der Waals surface area contributed by atoms with Crippen LogP contribution >= 0.6 is 23.2 Å². The van der Waals surface area contributed by atoms with Crippen LogP contribution in [-0.2, 0) is 11.3 Å². The third-order valence-corrected chi connectivity index (χ3v) is 4.04. The number of hydrogen-bond donors (Lipinski definition) is 3. The summed E-state index contributed by atoms with van der Waals surface area (Å²) in [5, 5.41) is 7.00. The molecule has 7 heteroatoms. The molecule has 0 aliphatic carbocycles. The second kappa shape index (κ2) is 8.74. The van der Waals surface area contributed by atoms with Crippen molar-refractivity contribution < 1.29 is 4.79 Å². The van der Waals surface area contributed by atoms with Gasteiger partial charge in [0.25, 0.3) is 0 Å². The van der Waals surface area contributed by atoms with E-state index in [1.54, 1.807) is 12.1 Å². The van der Waals surface area contributed by atoms with Gasteiger partial charge < -0.3 is 16.4 Å². The largest absolute Gasteiger partial charge is 0.370 e.